The van der Waals surface area contributed by atoms with Crippen LogP contribution >= 0.6 is 11.3 Å². The van der Waals surface area contributed by atoms with Gasteiger partial charge in [0.25, 0.3) is 0 Å². The fraction of sp³-hybridized carbons (Fsp3) is 0.385. The van der Waals surface area contributed by atoms with Crippen LogP contribution in [0.4, 0.5) is 0 Å². The van der Waals surface area contributed by atoms with Gasteiger partial charge in [-0.15, -0.1) is 17.1 Å². The van der Waals surface area contributed by atoms with Crippen LogP contribution in [-0.2, 0) is 32.7 Å². The molecular formula is C13H17NSY. The molecule has 0 N–H and O–H groups in total. The number of hydrogen-bond donors (Lipinski definition) is 0. The van der Waals surface area contributed by atoms with E-state index in [2.05, 4.69) is 30.6 Å². The molecule has 0 aromatic carbocycles. The van der Waals surface area contributed by atoms with Gasteiger partial charge in [0, 0.05) is 32.7 Å². The van der Waals surface area contributed by atoms with Crippen molar-refractivity contribution in [3.05, 3.63) is 33.5 Å². The summed E-state index contributed by atoms with van der Waals surface area (Å²) in [5, 5.41) is 0. The second-order valence-electron chi connectivity index (χ2n) is 3.36. The van der Waals surface area contributed by atoms with Gasteiger partial charge in [0.2, 0.25) is 0 Å². The first-order chi connectivity index (χ1) is 7.27. The van der Waals surface area contributed by atoms with Crippen LogP contribution < -0.4 is 0 Å². The number of fused-ring (bicyclic) bond motifs is 1. The monoisotopic (exact) mass is 308 g/mol. The smallest absolute Gasteiger partial charge is 0.0821 e. The van der Waals surface area contributed by atoms with Crippen LogP contribution in [0, 0.1) is 5.92 Å². The van der Waals surface area contributed by atoms with E-state index in [0.717, 1.165) is 5.69 Å². The van der Waals surface area contributed by atoms with Gasteiger partial charge < -0.3 is 0 Å². The maximum atomic E-state index is 4.30. The Morgan fingerprint density at radius 3 is 2.56 bits per heavy atom. The molecule has 0 saturated carbocycles. The number of rotatable bonds is 1. The van der Waals surface area contributed by atoms with Crippen LogP contribution in [-0.4, -0.2) is 4.98 Å². The zero-order valence-electron chi connectivity index (χ0n) is 10.3. The minimum absolute atomic E-state index is 0. The largest absolute Gasteiger partial charge is 0.245 e. The second-order valence-corrected chi connectivity index (χ2v) is 4.24. The number of allylic oxidation sites excluding steroid dienone is 2. The van der Waals surface area contributed by atoms with Gasteiger partial charge in [0.15, 0.2) is 0 Å². The van der Waals surface area contributed by atoms with E-state index in [1.807, 2.05) is 31.5 Å². The molecule has 16 heavy (non-hydrogen) atoms. The molecule has 0 bridgehead atoms. The molecule has 1 heterocycles. The minimum atomic E-state index is 0. The van der Waals surface area contributed by atoms with Crippen molar-refractivity contribution < 1.29 is 32.7 Å². The number of aromatic nitrogens is 1. The summed E-state index contributed by atoms with van der Waals surface area (Å²) in [6.45, 7) is 8.36. The number of hydrogen-bond acceptors (Lipinski definition) is 2. The fourth-order valence-electron chi connectivity index (χ4n) is 1.23. The van der Waals surface area contributed by atoms with Crippen molar-refractivity contribution in [2.24, 2.45) is 5.92 Å². The summed E-state index contributed by atoms with van der Waals surface area (Å²) in [6, 6.07) is 0. The minimum Gasteiger partial charge on any atom is -0.245 e. The van der Waals surface area contributed by atoms with Gasteiger partial charge in [-0.3, -0.25) is 0 Å². The Kier molecular flexibility index (Phi) is 8.14. The van der Waals surface area contributed by atoms with Gasteiger partial charge in [0.1, 0.15) is 0 Å². The van der Waals surface area contributed by atoms with Crippen LogP contribution in [0.25, 0.3) is 12.2 Å². The first-order valence-electron chi connectivity index (χ1n) is 5.35. The Labute approximate surface area is 127 Å². The Morgan fingerprint density at radius 2 is 1.94 bits per heavy atom. The van der Waals surface area contributed by atoms with Crippen molar-refractivity contribution in [3.8, 4) is 0 Å². The summed E-state index contributed by atoms with van der Waals surface area (Å²) in [5.41, 5.74) is 7.42. The molecule has 1 aliphatic carbocycles. The first kappa shape index (κ1) is 16.0. The van der Waals surface area contributed by atoms with E-state index < -0.39 is 0 Å². The molecule has 3 heteroatoms. The molecule has 1 aromatic rings. The van der Waals surface area contributed by atoms with E-state index in [0.29, 0.717) is 5.92 Å². The normalized spacial score (nSPS) is 11.9. The van der Waals surface area contributed by atoms with E-state index in [9.17, 15) is 0 Å². The molecule has 0 atom stereocenters. The standard InChI is InChI=1S/C11H11NS.C2H6.Y/c1-8(2)9-4-3-5-11-10(6-9)12-7-13-11;1-2;/h4-8H,1-2H3;1-2H3;. The molecule has 1 aromatic heterocycles. The third-order valence-electron chi connectivity index (χ3n) is 2.06. The van der Waals surface area contributed by atoms with Crippen LogP contribution in [0.5, 0.6) is 0 Å². The van der Waals surface area contributed by atoms with Gasteiger partial charge >= 0.3 is 0 Å². The number of thiazole rings is 1. The third-order valence-corrected chi connectivity index (χ3v) is 2.85. The summed E-state index contributed by atoms with van der Waals surface area (Å²) in [4.78, 5) is 5.50. The molecule has 1 aliphatic rings. The topological polar surface area (TPSA) is 12.9 Å². The van der Waals surface area contributed by atoms with Gasteiger partial charge in [-0.25, -0.2) is 4.98 Å². The Balaban J connectivity index is 0.000000711. The SMILES string of the molecule is CC.CC(C)C1=Cc2ncsc2C=C=C1.[Y]. The summed E-state index contributed by atoms with van der Waals surface area (Å²) < 4.78 is 0. The van der Waals surface area contributed by atoms with Crippen LogP contribution in [0.15, 0.2) is 22.9 Å². The van der Waals surface area contributed by atoms with Gasteiger partial charge in [0.05, 0.1) is 16.1 Å². The molecule has 0 spiro atoms. The molecule has 2 rings (SSSR count). The van der Waals surface area contributed by atoms with E-state index in [1.165, 1.54) is 10.5 Å². The van der Waals surface area contributed by atoms with Crippen LogP contribution in [0.2, 0.25) is 0 Å². The van der Waals surface area contributed by atoms with Crippen molar-refractivity contribution in [3.63, 3.8) is 0 Å². The van der Waals surface area contributed by atoms with Crippen molar-refractivity contribution in [1.82, 2.24) is 4.98 Å². The molecule has 83 valence electrons. The van der Waals surface area contributed by atoms with Gasteiger partial charge in [-0.2, -0.15) is 0 Å². The molecule has 0 fully saturated rings. The first-order valence-corrected chi connectivity index (χ1v) is 6.23. The zero-order valence-corrected chi connectivity index (χ0v) is 14.0. The summed E-state index contributed by atoms with van der Waals surface area (Å²) >= 11 is 1.66. The molecular weight excluding hydrogens is 291 g/mol. The average Bonchev–Trinajstić information content (AvgIpc) is 2.58. The quantitative estimate of drug-likeness (QED) is 0.701. The predicted molar refractivity (Wildman–Crippen MR) is 68.8 cm³/mol. The Bertz CT molecular complexity index is 409. The van der Waals surface area contributed by atoms with E-state index >= 15 is 0 Å². The average molecular weight is 308 g/mol. The van der Waals surface area contributed by atoms with Crippen LogP contribution in [0.1, 0.15) is 38.3 Å². The molecule has 0 unspecified atom stereocenters. The van der Waals surface area contributed by atoms with Crippen molar-refractivity contribution in [2.75, 3.05) is 0 Å². The van der Waals surface area contributed by atoms with E-state index in [1.54, 1.807) is 11.3 Å². The van der Waals surface area contributed by atoms with Crippen molar-refractivity contribution in [2.45, 2.75) is 27.7 Å². The van der Waals surface area contributed by atoms with E-state index in [-0.39, 0.29) is 32.7 Å². The molecule has 1 nitrogen and oxygen atoms in total. The summed E-state index contributed by atoms with van der Waals surface area (Å²) in [5.74, 6) is 0.536. The summed E-state index contributed by atoms with van der Waals surface area (Å²) in [7, 11) is 0. The maximum Gasteiger partial charge on any atom is 0.0821 e. The third kappa shape index (κ3) is 4.10. The second kappa shape index (κ2) is 8.14. The zero-order chi connectivity index (χ0) is 11.3. The van der Waals surface area contributed by atoms with Gasteiger partial charge in [-0.1, -0.05) is 27.7 Å². The molecule has 0 aliphatic heterocycles. The molecule has 1 radical (unpaired) electrons. The van der Waals surface area contributed by atoms with Crippen LogP contribution in [0.3, 0.4) is 0 Å². The fourth-order valence-corrected chi connectivity index (χ4v) is 1.88. The Morgan fingerprint density at radius 1 is 1.25 bits per heavy atom. The summed E-state index contributed by atoms with van der Waals surface area (Å²) in [6.07, 6.45) is 6.19. The number of nitrogens with zero attached hydrogens (tertiary/aromatic N) is 1. The van der Waals surface area contributed by atoms with Gasteiger partial charge in [-0.05, 0) is 29.7 Å². The van der Waals surface area contributed by atoms with E-state index in [4.69, 9.17) is 0 Å². The molecule has 0 amide bonds. The Hall–Kier alpha value is -0.00610. The van der Waals surface area contributed by atoms with Crippen molar-refractivity contribution >= 4 is 23.5 Å². The predicted octanol–water partition coefficient (Wildman–Crippen LogP) is 4.39. The molecule has 0 saturated heterocycles. The maximum absolute atomic E-state index is 4.30. The van der Waals surface area contributed by atoms with Crippen molar-refractivity contribution in [1.29, 1.82) is 0 Å².